The quantitative estimate of drug-likeness (QED) is 0.632. The Morgan fingerprint density at radius 1 is 1.08 bits per heavy atom. The summed E-state index contributed by atoms with van der Waals surface area (Å²) in [6.45, 7) is 18.9. The molecule has 0 fully saturated rings. The fraction of sp³-hybridized carbons (Fsp3) is 0.167. The monoisotopic (exact) mass is 175 g/mol. The Bertz CT molecular complexity index is 279. The molecule has 13 heavy (non-hydrogen) atoms. The van der Waals surface area contributed by atoms with Gasteiger partial charge in [0.1, 0.15) is 0 Å². The molecule has 0 aliphatic heterocycles. The van der Waals surface area contributed by atoms with Gasteiger partial charge in [-0.05, 0) is 31.1 Å². The Hall–Kier alpha value is -1.50. The first kappa shape index (κ1) is 11.5. The lowest BCUT2D eigenvalue weighted by atomic mass is 10.1. The van der Waals surface area contributed by atoms with Gasteiger partial charge < -0.3 is 5.32 Å². The van der Waals surface area contributed by atoms with E-state index in [9.17, 15) is 0 Å². The fourth-order valence-electron chi connectivity index (χ4n) is 0.972. The molecule has 1 heteroatoms. The van der Waals surface area contributed by atoms with Crippen molar-refractivity contribution in [2.45, 2.75) is 13.8 Å². The lowest BCUT2D eigenvalue weighted by Gasteiger charge is -2.11. The largest absolute Gasteiger partial charge is 0.359 e. The van der Waals surface area contributed by atoms with E-state index >= 15 is 0 Å². The second kappa shape index (κ2) is 5.20. The van der Waals surface area contributed by atoms with Crippen LogP contribution >= 0.6 is 0 Å². The van der Waals surface area contributed by atoms with Crippen LogP contribution in [0.3, 0.4) is 0 Å². The van der Waals surface area contributed by atoms with Crippen LogP contribution < -0.4 is 5.32 Å². The van der Waals surface area contributed by atoms with Gasteiger partial charge in [-0.1, -0.05) is 32.4 Å². The highest BCUT2D eigenvalue weighted by molar-refractivity contribution is 5.43. The highest BCUT2D eigenvalue weighted by Crippen LogP contribution is 2.13. The van der Waals surface area contributed by atoms with E-state index in [0.717, 1.165) is 22.5 Å². The molecule has 0 saturated carbocycles. The van der Waals surface area contributed by atoms with E-state index in [4.69, 9.17) is 0 Å². The van der Waals surface area contributed by atoms with Gasteiger partial charge in [-0.3, -0.25) is 0 Å². The van der Waals surface area contributed by atoms with E-state index in [2.05, 4.69) is 31.6 Å². The summed E-state index contributed by atoms with van der Waals surface area (Å²) in [5.74, 6) is 0. The van der Waals surface area contributed by atoms with E-state index in [1.54, 1.807) is 12.2 Å². The maximum atomic E-state index is 3.86. The maximum absolute atomic E-state index is 3.86. The van der Waals surface area contributed by atoms with Crippen LogP contribution in [0.2, 0.25) is 0 Å². The molecule has 0 aromatic heterocycles. The third-order valence-electron chi connectivity index (χ3n) is 1.51. The summed E-state index contributed by atoms with van der Waals surface area (Å²) in [5, 5.41) is 3.10. The molecule has 0 atom stereocenters. The molecule has 0 aliphatic carbocycles. The van der Waals surface area contributed by atoms with Crippen molar-refractivity contribution in [2.24, 2.45) is 0 Å². The minimum absolute atomic E-state index is 0.871. The molecule has 0 saturated heterocycles. The zero-order valence-corrected chi connectivity index (χ0v) is 8.48. The SMILES string of the molecule is C=C/C(NC(=C)C)=C(\C=C)C(=C)C. The molecule has 70 valence electrons. The lowest BCUT2D eigenvalue weighted by Crippen LogP contribution is -2.10. The van der Waals surface area contributed by atoms with Crippen molar-refractivity contribution < 1.29 is 0 Å². The van der Waals surface area contributed by atoms with E-state index in [1.165, 1.54) is 0 Å². The van der Waals surface area contributed by atoms with Crippen LogP contribution in [0.1, 0.15) is 13.8 Å². The summed E-state index contributed by atoms with van der Waals surface area (Å²) >= 11 is 0. The zero-order chi connectivity index (χ0) is 10.4. The zero-order valence-electron chi connectivity index (χ0n) is 8.48. The summed E-state index contributed by atoms with van der Waals surface area (Å²) in [4.78, 5) is 0. The number of hydrogen-bond acceptors (Lipinski definition) is 1. The topological polar surface area (TPSA) is 12.0 Å². The van der Waals surface area contributed by atoms with Crippen LogP contribution in [0, 0.1) is 0 Å². The average Bonchev–Trinajstić information content (AvgIpc) is 2.02. The molecule has 0 radical (unpaired) electrons. The highest BCUT2D eigenvalue weighted by atomic mass is 14.9. The molecule has 1 N–H and O–H groups in total. The van der Waals surface area contributed by atoms with E-state index in [-0.39, 0.29) is 0 Å². The lowest BCUT2D eigenvalue weighted by molar-refractivity contribution is 0.997. The number of rotatable bonds is 5. The van der Waals surface area contributed by atoms with Gasteiger partial charge in [0.15, 0.2) is 0 Å². The van der Waals surface area contributed by atoms with Gasteiger partial charge in [0, 0.05) is 11.4 Å². The van der Waals surface area contributed by atoms with Gasteiger partial charge in [-0.25, -0.2) is 0 Å². The summed E-state index contributed by atoms with van der Waals surface area (Å²) in [6.07, 6.45) is 3.50. The van der Waals surface area contributed by atoms with Crippen LogP contribution in [-0.4, -0.2) is 0 Å². The summed E-state index contributed by atoms with van der Waals surface area (Å²) in [6, 6.07) is 0. The molecule has 0 amide bonds. The van der Waals surface area contributed by atoms with Gasteiger partial charge in [0.2, 0.25) is 0 Å². The van der Waals surface area contributed by atoms with E-state index < -0.39 is 0 Å². The molecule has 0 aromatic carbocycles. The standard InChI is InChI=1S/C12H17N/c1-7-11(9(3)4)12(8-2)13-10(5)6/h7-8,13H,1-3,5H2,4,6H3/b12-11-. The third-order valence-corrected chi connectivity index (χ3v) is 1.51. The van der Waals surface area contributed by atoms with Gasteiger partial charge in [0.25, 0.3) is 0 Å². The molecule has 0 aliphatic rings. The normalized spacial score (nSPS) is 11.2. The Kier molecular flexibility index (Phi) is 4.60. The van der Waals surface area contributed by atoms with Crippen LogP contribution in [0.15, 0.2) is 61.0 Å². The first-order chi connectivity index (χ1) is 6.02. The van der Waals surface area contributed by atoms with E-state index in [1.807, 2.05) is 13.8 Å². The number of nitrogens with one attached hydrogen (secondary N) is 1. The fourth-order valence-corrected chi connectivity index (χ4v) is 0.972. The molecule has 1 nitrogen and oxygen atoms in total. The molecule has 0 heterocycles. The molecule has 0 rings (SSSR count). The predicted octanol–water partition coefficient (Wildman–Crippen LogP) is 3.31. The van der Waals surface area contributed by atoms with Crippen molar-refractivity contribution in [3.8, 4) is 0 Å². The van der Waals surface area contributed by atoms with Gasteiger partial charge in [-0.2, -0.15) is 0 Å². The van der Waals surface area contributed by atoms with Gasteiger partial charge >= 0.3 is 0 Å². The van der Waals surface area contributed by atoms with Crippen molar-refractivity contribution in [1.29, 1.82) is 0 Å². The van der Waals surface area contributed by atoms with Crippen molar-refractivity contribution in [1.82, 2.24) is 5.32 Å². The van der Waals surface area contributed by atoms with Crippen LogP contribution in [-0.2, 0) is 0 Å². The third kappa shape index (κ3) is 3.61. The van der Waals surface area contributed by atoms with Gasteiger partial charge in [0.05, 0.1) is 0 Å². The van der Waals surface area contributed by atoms with Crippen molar-refractivity contribution in [3.63, 3.8) is 0 Å². The highest BCUT2D eigenvalue weighted by Gasteiger charge is 2.00. The molecule has 0 spiro atoms. The Balaban J connectivity index is 5.04. The van der Waals surface area contributed by atoms with Crippen molar-refractivity contribution in [3.05, 3.63) is 61.0 Å². The Labute approximate surface area is 80.9 Å². The second-order valence-electron chi connectivity index (χ2n) is 2.92. The van der Waals surface area contributed by atoms with Crippen LogP contribution in [0.4, 0.5) is 0 Å². The van der Waals surface area contributed by atoms with Crippen LogP contribution in [0.25, 0.3) is 0 Å². The Morgan fingerprint density at radius 2 is 1.62 bits per heavy atom. The Morgan fingerprint density at radius 3 is 1.85 bits per heavy atom. The number of allylic oxidation sites excluding steroid dienone is 5. The average molecular weight is 175 g/mol. The maximum Gasteiger partial charge on any atom is 0.0451 e. The molecule has 0 aromatic rings. The van der Waals surface area contributed by atoms with Crippen molar-refractivity contribution >= 4 is 0 Å². The predicted molar refractivity (Wildman–Crippen MR) is 60.2 cm³/mol. The minimum atomic E-state index is 0.871. The minimum Gasteiger partial charge on any atom is -0.359 e. The van der Waals surface area contributed by atoms with Crippen molar-refractivity contribution in [2.75, 3.05) is 0 Å². The second-order valence-corrected chi connectivity index (χ2v) is 2.92. The summed E-state index contributed by atoms with van der Waals surface area (Å²) in [7, 11) is 0. The molecule has 0 unspecified atom stereocenters. The van der Waals surface area contributed by atoms with E-state index in [0.29, 0.717) is 0 Å². The smallest absolute Gasteiger partial charge is 0.0451 e. The van der Waals surface area contributed by atoms with Gasteiger partial charge in [-0.15, -0.1) is 0 Å². The number of hydrogen-bond donors (Lipinski definition) is 1. The summed E-state index contributed by atoms with van der Waals surface area (Å²) < 4.78 is 0. The summed E-state index contributed by atoms with van der Waals surface area (Å²) in [5.41, 5.74) is 3.70. The molecular weight excluding hydrogens is 158 g/mol. The molecule has 0 bridgehead atoms. The first-order valence-corrected chi connectivity index (χ1v) is 4.10. The van der Waals surface area contributed by atoms with Crippen LogP contribution in [0.5, 0.6) is 0 Å². The molecular formula is C12H17N. The first-order valence-electron chi connectivity index (χ1n) is 4.10.